The normalized spacial score (nSPS) is 18.6. The molecule has 0 unspecified atom stereocenters. The van der Waals surface area contributed by atoms with Crippen LogP contribution in [0.2, 0.25) is 0 Å². The Labute approximate surface area is 272 Å². The second-order valence-corrected chi connectivity index (χ2v) is 9.79. The fourth-order valence-corrected chi connectivity index (χ4v) is 4.20. The van der Waals surface area contributed by atoms with E-state index in [1.807, 2.05) is 25.7 Å². The van der Waals surface area contributed by atoms with Gasteiger partial charge >= 0.3 is 21.7 Å². The number of carbonyl (C=O) groups is 2. The van der Waals surface area contributed by atoms with Gasteiger partial charge in [-0.2, -0.15) is 0 Å². The fraction of sp³-hybridized carbons (Fsp3) is 0.294. The van der Waals surface area contributed by atoms with Crippen molar-refractivity contribution in [3.63, 3.8) is 0 Å². The number of morpholine rings is 2. The summed E-state index contributed by atoms with van der Waals surface area (Å²) in [6.07, 6.45) is 16.5. The summed E-state index contributed by atoms with van der Waals surface area (Å²) in [7, 11) is 0. The molecule has 0 amide bonds. The molecule has 2 aliphatic carbocycles. The van der Waals surface area contributed by atoms with Crippen molar-refractivity contribution < 1.29 is 51.0 Å². The molecule has 0 aromatic heterocycles. The molecule has 222 valence electrons. The van der Waals surface area contributed by atoms with Crippen LogP contribution < -0.4 is 20.0 Å². The maximum atomic E-state index is 10.5. The first-order valence-electron chi connectivity index (χ1n) is 14.0. The molecule has 0 spiro atoms. The van der Waals surface area contributed by atoms with Crippen LogP contribution in [0.3, 0.4) is 0 Å². The van der Waals surface area contributed by atoms with Crippen LogP contribution in [0, 0.1) is 63.2 Å². The summed E-state index contributed by atoms with van der Waals surface area (Å²) in [6, 6.07) is 13.5. The first-order chi connectivity index (χ1) is 20.3. The molecular weight excluding hydrogens is 580 g/mol. The van der Waals surface area contributed by atoms with Gasteiger partial charge in [0.25, 0.3) is 0 Å². The van der Waals surface area contributed by atoms with E-state index in [0.29, 0.717) is 0 Å². The molecule has 2 saturated heterocycles. The van der Waals surface area contributed by atoms with Crippen LogP contribution in [0.5, 0.6) is 0 Å². The van der Waals surface area contributed by atoms with Crippen molar-refractivity contribution in [1.82, 2.24) is 0 Å². The van der Waals surface area contributed by atoms with Gasteiger partial charge in [0.15, 0.2) is 0 Å². The van der Waals surface area contributed by atoms with Gasteiger partial charge in [-0.1, -0.05) is 38.1 Å². The van der Waals surface area contributed by atoms with Crippen molar-refractivity contribution in [1.29, 1.82) is 0 Å². The molecule has 2 aliphatic heterocycles. The Balaban J connectivity index is 0.000000215. The quantitative estimate of drug-likeness (QED) is 0.482. The Morgan fingerprint density at radius 1 is 0.558 bits per heavy atom. The molecule has 2 aromatic rings. The van der Waals surface area contributed by atoms with E-state index in [-0.39, 0.29) is 32.8 Å². The van der Waals surface area contributed by atoms with Gasteiger partial charge in [-0.3, -0.25) is 0 Å². The van der Waals surface area contributed by atoms with Crippen molar-refractivity contribution >= 4 is 23.3 Å². The average Bonchev–Trinajstić information content (AvgIpc) is 3.72. The van der Waals surface area contributed by atoms with Gasteiger partial charge in [0.1, 0.15) is 0 Å². The summed E-state index contributed by atoms with van der Waals surface area (Å²) < 4.78 is 10.5. The van der Waals surface area contributed by atoms with Crippen molar-refractivity contribution in [2.45, 2.75) is 13.8 Å². The van der Waals surface area contributed by atoms with Crippen LogP contribution >= 0.6 is 0 Å². The van der Waals surface area contributed by atoms with E-state index >= 15 is 0 Å². The topological polar surface area (TPSA) is 105 Å². The zero-order valence-corrected chi connectivity index (χ0v) is 26.3. The zero-order chi connectivity index (χ0) is 30.2. The van der Waals surface area contributed by atoms with E-state index in [4.69, 9.17) is 9.47 Å². The summed E-state index contributed by atoms with van der Waals surface area (Å²) in [4.78, 5) is 25.4. The van der Waals surface area contributed by atoms with Crippen LogP contribution in [0.15, 0.2) is 48.5 Å². The van der Waals surface area contributed by atoms with E-state index in [0.717, 1.165) is 64.0 Å². The van der Waals surface area contributed by atoms with Crippen molar-refractivity contribution in [3.05, 3.63) is 123 Å². The number of carboxylic acids is 2. The molecule has 0 N–H and O–H groups in total. The summed E-state index contributed by atoms with van der Waals surface area (Å²) >= 11 is 0. The molecule has 2 aromatic carbocycles. The summed E-state index contributed by atoms with van der Waals surface area (Å²) in [6.45, 7) is 10.5. The first-order valence-corrected chi connectivity index (χ1v) is 14.0. The number of benzene rings is 2. The van der Waals surface area contributed by atoms with Crippen LogP contribution in [0.4, 0.5) is 11.4 Å². The number of rotatable bonds is 4. The number of carboxylic acid groups (broad SMARTS) is 2. The maximum absolute atomic E-state index is 10.5. The van der Waals surface area contributed by atoms with Gasteiger partial charge in [0.05, 0.1) is 38.4 Å². The SMILES string of the molecule is C[C]1[CH][CH][CH][CH]1.C[C]1[CH][CH][CH][CH]1.O=C([O-])c1ccc(N2CCOCC2)cc1.O=C([O-])c1ccc(N2CCOCC2)cc1.[Ti+4]. The third-order valence-corrected chi connectivity index (χ3v) is 6.62. The second-order valence-electron chi connectivity index (χ2n) is 9.79. The van der Waals surface area contributed by atoms with Crippen molar-refractivity contribution in [2.75, 3.05) is 62.4 Å². The van der Waals surface area contributed by atoms with Gasteiger partial charge in [-0.25, -0.2) is 0 Å². The number of aromatic carboxylic acids is 2. The average molecular weight is 619 g/mol. The van der Waals surface area contributed by atoms with Gasteiger partial charge in [0.2, 0.25) is 0 Å². The molecule has 10 radical (unpaired) electrons. The molecule has 2 heterocycles. The third kappa shape index (κ3) is 13.8. The molecule has 9 heteroatoms. The number of hydrogen-bond donors (Lipinski definition) is 0. The van der Waals surface area contributed by atoms with E-state index in [1.165, 1.54) is 11.8 Å². The van der Waals surface area contributed by atoms with Crippen LogP contribution in [-0.4, -0.2) is 64.5 Å². The predicted molar refractivity (Wildman–Crippen MR) is 160 cm³/mol. The molecular formula is C34H38N2O6Ti+2. The largest absolute Gasteiger partial charge is 4.00 e. The van der Waals surface area contributed by atoms with Crippen LogP contribution in [0.25, 0.3) is 0 Å². The van der Waals surface area contributed by atoms with Gasteiger partial charge in [-0.05, 0) is 98.6 Å². The van der Waals surface area contributed by atoms with Gasteiger partial charge < -0.3 is 39.1 Å². The van der Waals surface area contributed by atoms with E-state index in [9.17, 15) is 19.8 Å². The van der Waals surface area contributed by atoms with E-state index in [2.05, 4.69) is 49.3 Å². The molecule has 8 nitrogen and oxygen atoms in total. The second kappa shape index (κ2) is 20.5. The number of nitrogens with zero attached hydrogens (tertiary/aromatic N) is 2. The first kappa shape index (κ1) is 36.8. The number of anilines is 2. The monoisotopic (exact) mass is 618 g/mol. The number of hydrogen-bond acceptors (Lipinski definition) is 8. The smallest absolute Gasteiger partial charge is 0.545 e. The van der Waals surface area contributed by atoms with E-state index in [1.54, 1.807) is 48.5 Å². The molecule has 0 atom stereocenters. The predicted octanol–water partition coefficient (Wildman–Crippen LogP) is 2.59. The van der Waals surface area contributed by atoms with Gasteiger partial charge in [0, 0.05) is 37.6 Å². The minimum atomic E-state index is -1.14. The Bertz CT molecular complexity index is 956. The van der Waals surface area contributed by atoms with Gasteiger partial charge in [-0.15, -0.1) is 0 Å². The summed E-state index contributed by atoms with van der Waals surface area (Å²) in [5.74, 6) is 0.414. The molecule has 4 fully saturated rings. The molecule has 4 aliphatic rings. The minimum absolute atomic E-state index is 0. The number of carbonyl (C=O) groups excluding carboxylic acids is 2. The zero-order valence-electron chi connectivity index (χ0n) is 24.7. The van der Waals surface area contributed by atoms with E-state index < -0.39 is 11.9 Å². The minimum Gasteiger partial charge on any atom is -0.545 e. The standard InChI is InChI=1S/2C11H13NO3.2C6H7.Ti/c2*13-11(14)9-1-3-10(4-2-9)12-5-7-15-8-6-12;2*1-6-4-2-3-5-6;/h2*1-4H,5-8H2,(H,13,14);2*2-5H,1H3;/q;;;;+4/p-2. The molecule has 43 heavy (non-hydrogen) atoms. The van der Waals surface area contributed by atoms with Crippen LogP contribution in [-0.2, 0) is 31.2 Å². The Morgan fingerprint density at radius 3 is 1.05 bits per heavy atom. The Hall–Kier alpha value is -2.39. The van der Waals surface area contributed by atoms with Crippen molar-refractivity contribution in [3.8, 4) is 0 Å². The molecule has 6 rings (SSSR count). The summed E-state index contributed by atoms with van der Waals surface area (Å²) in [5.41, 5.74) is 2.49. The summed E-state index contributed by atoms with van der Waals surface area (Å²) in [5, 5.41) is 21.1. The fourth-order valence-electron chi connectivity index (χ4n) is 4.20. The Kier molecular flexibility index (Phi) is 17.6. The molecule has 2 saturated carbocycles. The van der Waals surface area contributed by atoms with Crippen LogP contribution in [0.1, 0.15) is 34.6 Å². The maximum Gasteiger partial charge on any atom is 4.00 e. The Morgan fingerprint density at radius 2 is 0.837 bits per heavy atom. The van der Waals surface area contributed by atoms with Crippen molar-refractivity contribution in [2.24, 2.45) is 0 Å². The number of ether oxygens (including phenoxy) is 2. The molecule has 0 bridgehead atoms. The third-order valence-electron chi connectivity index (χ3n) is 6.62.